The van der Waals surface area contributed by atoms with Crippen LogP contribution in [0, 0.1) is 11.7 Å². The summed E-state index contributed by atoms with van der Waals surface area (Å²) in [5, 5.41) is 2.85. The number of hydrogen-bond acceptors (Lipinski definition) is 5. The van der Waals surface area contributed by atoms with Crippen molar-refractivity contribution in [3.05, 3.63) is 53.8 Å². The van der Waals surface area contributed by atoms with Gasteiger partial charge in [0.05, 0.1) is 14.2 Å². The van der Waals surface area contributed by atoms with Crippen molar-refractivity contribution in [2.75, 3.05) is 27.4 Å². The van der Waals surface area contributed by atoms with Crippen LogP contribution in [0.25, 0.3) is 0 Å². The maximum atomic E-state index is 13.3. The van der Waals surface area contributed by atoms with Crippen LogP contribution in [0.2, 0.25) is 0 Å². The first kappa shape index (κ1) is 25.0. The summed E-state index contributed by atoms with van der Waals surface area (Å²) in [4.78, 5) is 27.1. The van der Waals surface area contributed by atoms with E-state index in [1.807, 2.05) is 13.8 Å². The van der Waals surface area contributed by atoms with Gasteiger partial charge >= 0.3 is 0 Å². The van der Waals surface area contributed by atoms with Gasteiger partial charge < -0.3 is 24.4 Å². The molecule has 0 saturated heterocycles. The van der Waals surface area contributed by atoms with Gasteiger partial charge in [0.15, 0.2) is 6.61 Å². The van der Waals surface area contributed by atoms with Crippen molar-refractivity contribution in [2.24, 2.45) is 5.92 Å². The van der Waals surface area contributed by atoms with Crippen LogP contribution in [0.3, 0.4) is 0 Å². The second-order valence-electron chi connectivity index (χ2n) is 7.80. The van der Waals surface area contributed by atoms with Gasteiger partial charge in [0.25, 0.3) is 5.91 Å². The highest BCUT2D eigenvalue weighted by Crippen LogP contribution is 2.27. The number of rotatable bonds is 11. The Labute approximate surface area is 188 Å². The summed E-state index contributed by atoms with van der Waals surface area (Å²) in [6.07, 6.45) is 0. The Morgan fingerprint density at radius 3 is 2.06 bits per heavy atom. The van der Waals surface area contributed by atoms with E-state index in [0.717, 1.165) is 0 Å². The van der Waals surface area contributed by atoms with Gasteiger partial charge in [0, 0.05) is 31.3 Å². The molecule has 0 aromatic heterocycles. The number of ether oxygens (including phenoxy) is 3. The normalized spacial score (nSPS) is 11.6. The molecule has 1 N–H and O–H groups in total. The zero-order valence-electron chi connectivity index (χ0n) is 19.2. The van der Waals surface area contributed by atoms with E-state index >= 15 is 0 Å². The zero-order valence-corrected chi connectivity index (χ0v) is 19.2. The first-order valence-electron chi connectivity index (χ1n) is 10.4. The van der Waals surface area contributed by atoms with Crippen molar-refractivity contribution in [2.45, 2.75) is 33.4 Å². The molecule has 7 nitrogen and oxygen atoms in total. The van der Waals surface area contributed by atoms with Crippen LogP contribution in [-0.4, -0.2) is 50.1 Å². The third kappa shape index (κ3) is 7.44. The third-order valence-electron chi connectivity index (χ3n) is 4.81. The van der Waals surface area contributed by atoms with Gasteiger partial charge in [-0.15, -0.1) is 0 Å². The minimum absolute atomic E-state index is 0.139. The Hall–Kier alpha value is -3.29. The summed E-state index contributed by atoms with van der Waals surface area (Å²) in [6, 6.07) is 10.0. The second kappa shape index (κ2) is 11.9. The average molecular weight is 447 g/mol. The van der Waals surface area contributed by atoms with Gasteiger partial charge in [-0.25, -0.2) is 4.39 Å². The molecule has 0 heterocycles. The number of halogens is 1. The van der Waals surface area contributed by atoms with Crippen molar-refractivity contribution in [3.63, 3.8) is 0 Å². The van der Waals surface area contributed by atoms with E-state index < -0.39 is 6.04 Å². The molecule has 1 atom stereocenters. The van der Waals surface area contributed by atoms with Gasteiger partial charge in [-0.1, -0.05) is 26.0 Å². The summed E-state index contributed by atoms with van der Waals surface area (Å²) in [5.41, 5.74) is 0.700. The first-order valence-corrected chi connectivity index (χ1v) is 10.4. The Kier molecular flexibility index (Phi) is 9.31. The molecule has 2 rings (SSSR count). The number of nitrogens with zero attached hydrogens (tertiary/aromatic N) is 1. The minimum Gasteiger partial charge on any atom is -0.496 e. The van der Waals surface area contributed by atoms with E-state index in [2.05, 4.69) is 5.32 Å². The van der Waals surface area contributed by atoms with E-state index in [0.29, 0.717) is 29.4 Å². The van der Waals surface area contributed by atoms with Crippen LogP contribution in [0.15, 0.2) is 42.5 Å². The lowest BCUT2D eigenvalue weighted by Gasteiger charge is -2.29. The first-order chi connectivity index (χ1) is 15.2. The van der Waals surface area contributed by atoms with Crippen LogP contribution in [-0.2, 0) is 16.1 Å². The van der Waals surface area contributed by atoms with Crippen LogP contribution < -0.4 is 19.5 Å². The van der Waals surface area contributed by atoms with E-state index in [1.165, 1.54) is 31.3 Å². The van der Waals surface area contributed by atoms with E-state index in [4.69, 9.17) is 14.2 Å². The molecule has 32 heavy (non-hydrogen) atoms. The number of carbonyl (C=O) groups is 2. The SMILES string of the molecule is COc1cc(OC)cc(OCC(=O)N(Cc2ccc(F)cc2)[C@@H](C)C(=O)NCC(C)C)c1. The third-order valence-corrected chi connectivity index (χ3v) is 4.81. The Morgan fingerprint density at radius 1 is 0.969 bits per heavy atom. The Morgan fingerprint density at radius 2 is 1.53 bits per heavy atom. The fourth-order valence-corrected chi connectivity index (χ4v) is 2.91. The van der Waals surface area contributed by atoms with Crippen LogP contribution >= 0.6 is 0 Å². The highest BCUT2D eigenvalue weighted by molar-refractivity contribution is 5.88. The molecular formula is C24H31FN2O5. The molecule has 0 fully saturated rings. The number of methoxy groups -OCH3 is 2. The Bertz CT molecular complexity index is 880. The summed E-state index contributed by atoms with van der Waals surface area (Å²) < 4.78 is 29.4. The number of nitrogens with one attached hydrogen (secondary N) is 1. The predicted octanol–water partition coefficient (Wildman–Crippen LogP) is 3.41. The smallest absolute Gasteiger partial charge is 0.261 e. The van der Waals surface area contributed by atoms with Crippen LogP contribution in [0.4, 0.5) is 4.39 Å². The molecule has 2 aromatic carbocycles. The molecule has 0 unspecified atom stereocenters. The average Bonchev–Trinajstić information content (AvgIpc) is 2.79. The molecule has 0 aliphatic heterocycles. The molecule has 2 aromatic rings. The van der Waals surface area contributed by atoms with Crippen molar-refractivity contribution < 1.29 is 28.2 Å². The molecule has 0 saturated carbocycles. The standard InChI is InChI=1S/C24H31FN2O5/c1-16(2)13-26-24(29)17(3)27(14-18-6-8-19(25)9-7-18)23(28)15-32-22-11-20(30-4)10-21(12-22)31-5/h6-12,16-17H,13-15H2,1-5H3,(H,26,29)/t17-/m0/s1. The monoisotopic (exact) mass is 446 g/mol. The molecule has 0 bridgehead atoms. The lowest BCUT2D eigenvalue weighted by Crippen LogP contribution is -2.49. The number of hydrogen-bond donors (Lipinski definition) is 1. The van der Waals surface area contributed by atoms with Gasteiger partial charge in [0.2, 0.25) is 5.91 Å². The summed E-state index contributed by atoms with van der Waals surface area (Å²) in [6.45, 7) is 5.98. The molecule has 174 valence electrons. The van der Waals surface area contributed by atoms with E-state index in [1.54, 1.807) is 37.3 Å². The predicted molar refractivity (Wildman–Crippen MR) is 119 cm³/mol. The molecule has 2 amide bonds. The summed E-state index contributed by atoms with van der Waals surface area (Å²) in [7, 11) is 3.04. The number of benzene rings is 2. The zero-order chi connectivity index (χ0) is 23.7. The highest BCUT2D eigenvalue weighted by atomic mass is 19.1. The van der Waals surface area contributed by atoms with Crippen molar-refractivity contribution in [1.29, 1.82) is 0 Å². The lowest BCUT2D eigenvalue weighted by molar-refractivity contribution is -0.142. The fourth-order valence-electron chi connectivity index (χ4n) is 2.91. The van der Waals surface area contributed by atoms with E-state index in [-0.39, 0.29) is 36.7 Å². The largest absolute Gasteiger partial charge is 0.496 e. The van der Waals surface area contributed by atoms with Gasteiger partial charge in [-0.05, 0) is 30.5 Å². The van der Waals surface area contributed by atoms with Gasteiger partial charge in [-0.2, -0.15) is 0 Å². The Balaban J connectivity index is 2.17. The van der Waals surface area contributed by atoms with Crippen molar-refractivity contribution in [1.82, 2.24) is 10.2 Å². The van der Waals surface area contributed by atoms with Crippen molar-refractivity contribution >= 4 is 11.8 Å². The molecule has 0 spiro atoms. The topological polar surface area (TPSA) is 77.1 Å². The summed E-state index contributed by atoms with van der Waals surface area (Å²) in [5.74, 6) is 0.699. The quantitative estimate of drug-likeness (QED) is 0.572. The fraction of sp³-hybridized carbons (Fsp3) is 0.417. The molecule has 0 radical (unpaired) electrons. The molecule has 8 heteroatoms. The second-order valence-corrected chi connectivity index (χ2v) is 7.80. The highest BCUT2D eigenvalue weighted by Gasteiger charge is 2.26. The number of carbonyl (C=O) groups excluding carboxylic acids is 2. The molecular weight excluding hydrogens is 415 g/mol. The summed E-state index contributed by atoms with van der Waals surface area (Å²) >= 11 is 0. The van der Waals surface area contributed by atoms with Gasteiger partial charge in [-0.3, -0.25) is 9.59 Å². The van der Waals surface area contributed by atoms with Crippen molar-refractivity contribution in [3.8, 4) is 17.2 Å². The molecule has 0 aliphatic carbocycles. The van der Waals surface area contributed by atoms with E-state index in [9.17, 15) is 14.0 Å². The molecule has 0 aliphatic rings. The van der Waals surface area contributed by atoms with Crippen LogP contribution in [0.5, 0.6) is 17.2 Å². The van der Waals surface area contributed by atoms with Gasteiger partial charge in [0.1, 0.15) is 29.1 Å². The number of amides is 2. The van der Waals surface area contributed by atoms with Crippen LogP contribution in [0.1, 0.15) is 26.3 Å². The maximum Gasteiger partial charge on any atom is 0.261 e. The minimum atomic E-state index is -0.741. The lowest BCUT2D eigenvalue weighted by atomic mass is 10.1. The maximum absolute atomic E-state index is 13.3.